The summed E-state index contributed by atoms with van der Waals surface area (Å²) in [5.41, 5.74) is 3.82. The number of benzene rings is 2. The van der Waals surface area contributed by atoms with Gasteiger partial charge in [-0.15, -0.1) is 18.2 Å². The Balaban J connectivity index is 1.51. The van der Waals surface area contributed by atoms with E-state index in [1.165, 1.54) is 24.3 Å². The molecule has 0 bridgehead atoms. The van der Waals surface area contributed by atoms with E-state index in [0.29, 0.717) is 23.6 Å². The Hall–Kier alpha value is -3.11. The van der Waals surface area contributed by atoms with Crippen molar-refractivity contribution in [2.45, 2.75) is 32.7 Å². The third-order valence-electron chi connectivity index (χ3n) is 5.31. The van der Waals surface area contributed by atoms with Crippen molar-refractivity contribution in [1.29, 1.82) is 0 Å². The molecule has 2 aliphatic rings. The van der Waals surface area contributed by atoms with Gasteiger partial charge in [0.15, 0.2) is 6.29 Å². The standard InChI is InChI=1S/C22H23F3N4O3/c1-13-9-15(19-26-21(27(2)3)28(4)32-19)10-16-12-29(20(30)18(13)16)11-14-5-7-17(8-6-14)31-22(23,24)25/h5-10,21H,11-12H2,1-4H3. The van der Waals surface area contributed by atoms with Gasteiger partial charge in [-0.2, -0.15) is 0 Å². The average molecular weight is 448 g/mol. The van der Waals surface area contributed by atoms with E-state index in [1.807, 2.05) is 38.1 Å². The van der Waals surface area contributed by atoms with Crippen LogP contribution in [0.25, 0.3) is 0 Å². The van der Waals surface area contributed by atoms with E-state index in [2.05, 4.69) is 9.73 Å². The highest BCUT2D eigenvalue weighted by Gasteiger charge is 2.33. The van der Waals surface area contributed by atoms with Gasteiger partial charge in [0.2, 0.25) is 5.90 Å². The fourth-order valence-electron chi connectivity index (χ4n) is 3.96. The van der Waals surface area contributed by atoms with E-state index < -0.39 is 6.36 Å². The molecule has 0 spiro atoms. The lowest BCUT2D eigenvalue weighted by molar-refractivity contribution is -0.274. The lowest BCUT2D eigenvalue weighted by atomic mass is 10.0. The number of fused-ring (bicyclic) bond motifs is 1. The molecule has 2 heterocycles. The molecule has 0 radical (unpaired) electrons. The maximum absolute atomic E-state index is 13.0. The summed E-state index contributed by atoms with van der Waals surface area (Å²) in [4.78, 5) is 26.9. The van der Waals surface area contributed by atoms with Gasteiger partial charge in [0.05, 0.1) is 0 Å². The number of carbonyl (C=O) groups excluding carboxylic acids is 1. The Labute approximate surface area is 183 Å². The number of carbonyl (C=O) groups is 1. The Bertz CT molecular complexity index is 1070. The van der Waals surface area contributed by atoms with Gasteiger partial charge in [0.25, 0.3) is 5.91 Å². The summed E-state index contributed by atoms with van der Waals surface area (Å²) in [6, 6.07) is 9.32. The van der Waals surface area contributed by atoms with Gasteiger partial charge in [0, 0.05) is 31.3 Å². The Morgan fingerprint density at radius 1 is 1.22 bits per heavy atom. The number of nitrogens with zero attached hydrogens (tertiary/aromatic N) is 4. The van der Waals surface area contributed by atoms with Crippen LogP contribution < -0.4 is 4.74 Å². The Morgan fingerprint density at radius 3 is 2.50 bits per heavy atom. The zero-order chi connectivity index (χ0) is 23.2. The second-order valence-corrected chi connectivity index (χ2v) is 8.06. The molecule has 0 saturated carbocycles. The van der Waals surface area contributed by atoms with Gasteiger partial charge in [-0.1, -0.05) is 12.1 Å². The number of ether oxygens (including phenoxy) is 1. The highest BCUT2D eigenvalue weighted by atomic mass is 19.4. The molecule has 0 fully saturated rings. The molecule has 4 rings (SSSR count). The summed E-state index contributed by atoms with van der Waals surface area (Å²) in [5, 5.41) is 1.65. The largest absolute Gasteiger partial charge is 0.573 e. The summed E-state index contributed by atoms with van der Waals surface area (Å²) in [6.07, 6.45) is -4.97. The fraction of sp³-hybridized carbons (Fsp3) is 0.364. The van der Waals surface area contributed by atoms with Gasteiger partial charge >= 0.3 is 6.36 Å². The Morgan fingerprint density at radius 2 is 1.91 bits per heavy atom. The highest BCUT2D eigenvalue weighted by Crippen LogP contribution is 2.30. The number of aliphatic imine (C=N–C) groups is 1. The summed E-state index contributed by atoms with van der Waals surface area (Å²) in [6.45, 7) is 2.54. The number of hydrogen-bond donors (Lipinski definition) is 0. The van der Waals surface area contributed by atoms with E-state index >= 15 is 0 Å². The molecule has 32 heavy (non-hydrogen) atoms. The van der Waals surface area contributed by atoms with E-state index in [4.69, 9.17) is 4.84 Å². The first kappa shape index (κ1) is 22.1. The maximum atomic E-state index is 13.0. The molecule has 7 nitrogen and oxygen atoms in total. The molecular weight excluding hydrogens is 425 g/mol. The molecule has 2 aliphatic heterocycles. The van der Waals surface area contributed by atoms with Gasteiger partial charge in [-0.05, 0) is 62.0 Å². The molecule has 170 valence electrons. The SMILES string of the molecule is Cc1cc(C2=NC(N(C)C)N(C)O2)cc2c1C(=O)N(Cc1ccc(OC(F)(F)F)cc1)C2. The number of hydroxylamine groups is 2. The lowest BCUT2D eigenvalue weighted by Crippen LogP contribution is -2.37. The van der Waals surface area contributed by atoms with Crippen molar-refractivity contribution in [3.8, 4) is 5.75 Å². The van der Waals surface area contributed by atoms with Crippen molar-refractivity contribution >= 4 is 11.8 Å². The van der Waals surface area contributed by atoms with Gasteiger partial charge < -0.3 is 14.5 Å². The van der Waals surface area contributed by atoms with Crippen molar-refractivity contribution < 1.29 is 27.5 Å². The van der Waals surface area contributed by atoms with Crippen LogP contribution in [-0.4, -0.2) is 60.5 Å². The van der Waals surface area contributed by atoms with Gasteiger partial charge in [-0.25, -0.2) is 4.99 Å². The molecule has 2 aromatic rings. The Kier molecular flexibility index (Phi) is 5.59. The zero-order valence-corrected chi connectivity index (χ0v) is 18.1. The first-order valence-electron chi connectivity index (χ1n) is 9.95. The van der Waals surface area contributed by atoms with E-state index in [9.17, 15) is 18.0 Å². The second-order valence-electron chi connectivity index (χ2n) is 8.06. The monoisotopic (exact) mass is 448 g/mol. The molecule has 0 aromatic heterocycles. The lowest BCUT2D eigenvalue weighted by Gasteiger charge is -2.21. The van der Waals surface area contributed by atoms with Crippen molar-refractivity contribution in [2.24, 2.45) is 4.99 Å². The highest BCUT2D eigenvalue weighted by molar-refractivity contribution is 6.02. The number of amides is 1. The smallest absolute Gasteiger partial charge is 0.406 e. The number of rotatable bonds is 5. The molecule has 0 saturated heterocycles. The maximum Gasteiger partial charge on any atom is 0.573 e. The number of alkyl halides is 3. The average Bonchev–Trinajstić information content (AvgIpc) is 3.23. The molecule has 0 aliphatic carbocycles. The molecule has 1 atom stereocenters. The van der Waals surface area contributed by atoms with Crippen molar-refractivity contribution in [1.82, 2.24) is 14.9 Å². The zero-order valence-electron chi connectivity index (χ0n) is 18.1. The van der Waals surface area contributed by atoms with Gasteiger partial charge in [0.1, 0.15) is 5.75 Å². The van der Waals surface area contributed by atoms with E-state index in [1.54, 1.807) is 17.0 Å². The topological polar surface area (TPSA) is 57.6 Å². The van der Waals surface area contributed by atoms with Crippen LogP contribution in [0.4, 0.5) is 13.2 Å². The number of hydrogen-bond acceptors (Lipinski definition) is 6. The minimum atomic E-state index is -4.74. The summed E-state index contributed by atoms with van der Waals surface area (Å²) >= 11 is 0. The third kappa shape index (κ3) is 4.42. The number of aryl methyl sites for hydroxylation is 1. The molecule has 1 unspecified atom stereocenters. The quantitative estimate of drug-likeness (QED) is 0.701. The molecule has 2 aromatic carbocycles. The van der Waals surface area contributed by atoms with Crippen molar-refractivity contribution in [2.75, 3.05) is 21.1 Å². The second kappa shape index (κ2) is 8.10. The van der Waals surface area contributed by atoms with Crippen LogP contribution in [0.15, 0.2) is 41.4 Å². The fourth-order valence-corrected chi connectivity index (χ4v) is 3.96. The first-order chi connectivity index (χ1) is 15.0. The third-order valence-corrected chi connectivity index (χ3v) is 5.31. The molecular formula is C22H23F3N4O3. The molecule has 0 N–H and O–H groups in total. The minimum Gasteiger partial charge on any atom is -0.406 e. The molecule has 10 heteroatoms. The minimum absolute atomic E-state index is 0.114. The van der Waals surface area contributed by atoms with Crippen LogP contribution in [0.3, 0.4) is 0 Å². The van der Waals surface area contributed by atoms with Crippen LogP contribution in [0.5, 0.6) is 5.75 Å². The normalized spacial score (nSPS) is 18.8. The van der Waals surface area contributed by atoms with Crippen LogP contribution in [0.2, 0.25) is 0 Å². The summed E-state index contributed by atoms with van der Waals surface area (Å²) < 4.78 is 40.9. The number of halogens is 3. The van der Waals surface area contributed by atoms with Crippen LogP contribution in [-0.2, 0) is 17.9 Å². The summed E-state index contributed by atoms with van der Waals surface area (Å²) in [7, 11) is 5.62. The molecule has 1 amide bonds. The predicted molar refractivity (Wildman–Crippen MR) is 111 cm³/mol. The van der Waals surface area contributed by atoms with Crippen molar-refractivity contribution in [3.63, 3.8) is 0 Å². The van der Waals surface area contributed by atoms with E-state index in [0.717, 1.165) is 16.7 Å². The van der Waals surface area contributed by atoms with Gasteiger partial charge in [-0.3, -0.25) is 9.69 Å². The van der Waals surface area contributed by atoms with Crippen LogP contribution in [0, 0.1) is 6.92 Å². The first-order valence-corrected chi connectivity index (χ1v) is 9.95. The predicted octanol–water partition coefficient (Wildman–Crippen LogP) is 3.52. The van der Waals surface area contributed by atoms with E-state index in [-0.39, 0.29) is 24.5 Å². The summed E-state index contributed by atoms with van der Waals surface area (Å²) in [5.74, 6) is 0.0802. The van der Waals surface area contributed by atoms with Crippen LogP contribution >= 0.6 is 0 Å². The van der Waals surface area contributed by atoms with Crippen molar-refractivity contribution in [3.05, 3.63) is 64.2 Å². The van der Waals surface area contributed by atoms with Crippen LogP contribution in [0.1, 0.15) is 32.6 Å².